The second kappa shape index (κ2) is 5.68. The van der Waals surface area contributed by atoms with Gasteiger partial charge in [-0.2, -0.15) is 0 Å². The molecule has 0 bridgehead atoms. The Morgan fingerprint density at radius 3 is 2.37 bits per heavy atom. The number of allylic oxidation sites excluding steroid dienone is 2. The summed E-state index contributed by atoms with van der Waals surface area (Å²) in [6, 6.07) is 0. The molecule has 0 aromatic carbocycles. The zero-order valence-corrected chi connectivity index (χ0v) is 11.6. The van der Waals surface area contributed by atoms with Crippen LogP contribution in [0.4, 0.5) is 0 Å². The first-order valence-corrected chi connectivity index (χ1v) is 7.01. The van der Waals surface area contributed by atoms with Gasteiger partial charge in [0.15, 0.2) is 5.78 Å². The summed E-state index contributed by atoms with van der Waals surface area (Å²) in [6.07, 6.45) is 5.17. The molecule has 1 aliphatic heterocycles. The zero-order chi connectivity index (χ0) is 14.0. The second-order valence-electron chi connectivity index (χ2n) is 6.02. The number of piperidine rings is 1. The number of hydrogen-bond acceptors (Lipinski definition) is 3. The van der Waals surface area contributed by atoms with Crippen LogP contribution in [0.5, 0.6) is 0 Å². The van der Waals surface area contributed by atoms with Gasteiger partial charge >= 0.3 is 0 Å². The smallest absolute Gasteiger partial charge is 0.226 e. The fraction of sp³-hybridized carbons (Fsp3) is 0.667. The van der Waals surface area contributed by atoms with E-state index in [0.29, 0.717) is 25.2 Å². The van der Waals surface area contributed by atoms with Crippen molar-refractivity contribution in [1.29, 1.82) is 0 Å². The summed E-state index contributed by atoms with van der Waals surface area (Å²) in [5.74, 6) is 0.535. The number of amides is 2. The van der Waals surface area contributed by atoms with Crippen LogP contribution in [-0.4, -0.2) is 17.6 Å². The van der Waals surface area contributed by atoms with E-state index in [9.17, 15) is 14.4 Å². The maximum Gasteiger partial charge on any atom is 0.226 e. The number of Topliss-reactive ketones (excluding diaryl/α,β-unsaturated/α-hetero) is 1. The molecule has 2 amide bonds. The van der Waals surface area contributed by atoms with Crippen molar-refractivity contribution in [2.75, 3.05) is 0 Å². The first kappa shape index (κ1) is 14.0. The van der Waals surface area contributed by atoms with Crippen LogP contribution in [-0.2, 0) is 14.4 Å². The molecule has 2 atom stereocenters. The fourth-order valence-corrected chi connectivity index (χ4v) is 3.10. The number of hydrogen-bond donors (Lipinski definition) is 1. The number of carbonyl (C=O) groups is 3. The Labute approximate surface area is 113 Å². The maximum absolute atomic E-state index is 12.1. The van der Waals surface area contributed by atoms with E-state index in [-0.39, 0.29) is 29.4 Å². The summed E-state index contributed by atoms with van der Waals surface area (Å²) < 4.78 is 0. The van der Waals surface area contributed by atoms with Gasteiger partial charge in [0.1, 0.15) is 0 Å². The molecule has 0 aromatic heterocycles. The molecule has 2 rings (SSSR count). The van der Waals surface area contributed by atoms with Gasteiger partial charge in [0.25, 0.3) is 0 Å². The number of ketones is 1. The minimum absolute atomic E-state index is 0.0501. The van der Waals surface area contributed by atoms with E-state index in [0.717, 1.165) is 18.4 Å². The summed E-state index contributed by atoms with van der Waals surface area (Å²) in [7, 11) is 0. The van der Waals surface area contributed by atoms with Gasteiger partial charge in [-0.15, -0.1) is 0 Å². The molecule has 0 unspecified atom stereocenters. The molecule has 4 nitrogen and oxygen atoms in total. The molecular weight excluding hydrogens is 242 g/mol. The van der Waals surface area contributed by atoms with E-state index in [2.05, 4.69) is 12.2 Å². The minimum atomic E-state index is -0.198. The molecule has 104 valence electrons. The van der Waals surface area contributed by atoms with Crippen molar-refractivity contribution in [2.45, 2.75) is 46.0 Å². The molecule has 1 saturated carbocycles. The quantitative estimate of drug-likeness (QED) is 0.612. The highest BCUT2D eigenvalue weighted by Gasteiger charge is 2.28. The van der Waals surface area contributed by atoms with Gasteiger partial charge in [0, 0.05) is 18.8 Å². The van der Waals surface area contributed by atoms with Crippen molar-refractivity contribution in [1.82, 2.24) is 5.32 Å². The Bertz CT molecular complexity index is 423. The van der Waals surface area contributed by atoms with Crippen LogP contribution in [0, 0.1) is 17.8 Å². The van der Waals surface area contributed by atoms with Crippen molar-refractivity contribution >= 4 is 17.6 Å². The van der Waals surface area contributed by atoms with E-state index in [4.69, 9.17) is 0 Å². The Morgan fingerprint density at radius 2 is 1.74 bits per heavy atom. The Hall–Kier alpha value is -1.45. The van der Waals surface area contributed by atoms with E-state index >= 15 is 0 Å². The van der Waals surface area contributed by atoms with Gasteiger partial charge in [0.2, 0.25) is 11.8 Å². The van der Waals surface area contributed by atoms with Crippen molar-refractivity contribution in [3.05, 3.63) is 11.6 Å². The normalized spacial score (nSPS) is 31.7. The highest BCUT2D eigenvalue weighted by atomic mass is 16.2. The molecule has 1 heterocycles. The minimum Gasteiger partial charge on any atom is -0.296 e. The molecular formula is C15H21NO3. The number of nitrogens with one attached hydrogen (secondary N) is 1. The van der Waals surface area contributed by atoms with Crippen molar-refractivity contribution in [3.8, 4) is 0 Å². The van der Waals surface area contributed by atoms with Crippen molar-refractivity contribution in [2.24, 2.45) is 17.8 Å². The topological polar surface area (TPSA) is 63.2 Å². The summed E-state index contributed by atoms with van der Waals surface area (Å²) in [5.41, 5.74) is 0.893. The largest absolute Gasteiger partial charge is 0.296 e. The third-order valence-electron chi connectivity index (χ3n) is 4.01. The van der Waals surface area contributed by atoms with E-state index in [1.54, 1.807) is 0 Å². The van der Waals surface area contributed by atoms with Crippen LogP contribution in [0.1, 0.15) is 46.0 Å². The molecule has 1 aliphatic carbocycles. The SMILES string of the molecule is C[C@@H]1C/C(=C\CC2CC(=O)NC(=O)C2)C(=O)[C@@H](C)C1. The zero-order valence-electron chi connectivity index (χ0n) is 11.6. The molecule has 19 heavy (non-hydrogen) atoms. The Kier molecular flexibility index (Phi) is 4.17. The lowest BCUT2D eigenvalue weighted by atomic mass is 9.78. The third kappa shape index (κ3) is 3.52. The monoisotopic (exact) mass is 263 g/mol. The number of rotatable bonds is 2. The molecule has 0 spiro atoms. The summed E-state index contributed by atoms with van der Waals surface area (Å²) in [6.45, 7) is 4.14. The summed E-state index contributed by atoms with van der Waals surface area (Å²) in [4.78, 5) is 34.6. The van der Waals surface area contributed by atoms with E-state index in [1.165, 1.54) is 0 Å². The second-order valence-corrected chi connectivity index (χ2v) is 6.02. The molecule has 1 saturated heterocycles. The van der Waals surface area contributed by atoms with Crippen molar-refractivity contribution in [3.63, 3.8) is 0 Å². The highest BCUT2D eigenvalue weighted by molar-refractivity contribution is 5.98. The molecule has 4 heteroatoms. The third-order valence-corrected chi connectivity index (χ3v) is 4.01. The predicted octanol–water partition coefficient (Wildman–Crippen LogP) is 1.99. The van der Waals surface area contributed by atoms with Gasteiger partial charge in [-0.3, -0.25) is 19.7 Å². The Morgan fingerprint density at radius 1 is 1.11 bits per heavy atom. The summed E-state index contributed by atoms with van der Waals surface area (Å²) >= 11 is 0. The van der Waals surface area contributed by atoms with Crippen molar-refractivity contribution < 1.29 is 14.4 Å². The number of imide groups is 1. The highest BCUT2D eigenvalue weighted by Crippen LogP contribution is 2.31. The molecule has 0 radical (unpaired) electrons. The van der Waals surface area contributed by atoms with Crippen LogP contribution < -0.4 is 5.32 Å². The lowest BCUT2D eigenvalue weighted by molar-refractivity contribution is -0.134. The Balaban J connectivity index is 1.99. The lowest BCUT2D eigenvalue weighted by Gasteiger charge is -2.26. The predicted molar refractivity (Wildman–Crippen MR) is 71.1 cm³/mol. The van der Waals surface area contributed by atoms with E-state index in [1.807, 2.05) is 13.0 Å². The summed E-state index contributed by atoms with van der Waals surface area (Å²) in [5, 5.41) is 2.30. The van der Waals surface area contributed by atoms with Crippen LogP contribution >= 0.6 is 0 Å². The van der Waals surface area contributed by atoms with Gasteiger partial charge in [-0.05, 0) is 36.7 Å². The maximum atomic E-state index is 12.1. The number of carbonyl (C=O) groups excluding carboxylic acids is 3. The van der Waals surface area contributed by atoms with Crippen LogP contribution in [0.3, 0.4) is 0 Å². The standard InChI is InChI=1S/C15H21NO3/c1-9-5-10(2)15(19)12(6-9)4-3-11-7-13(17)16-14(18)8-11/h4,9-11H,3,5-8H2,1-2H3,(H,16,17,18)/b12-4+/t9-,10-/m0/s1. The fourth-order valence-electron chi connectivity index (χ4n) is 3.10. The first-order chi connectivity index (χ1) is 8.95. The van der Waals surface area contributed by atoms with Crippen LogP contribution in [0.25, 0.3) is 0 Å². The molecule has 0 aromatic rings. The lowest BCUT2D eigenvalue weighted by Crippen LogP contribution is -2.38. The molecule has 1 N–H and O–H groups in total. The first-order valence-electron chi connectivity index (χ1n) is 7.01. The van der Waals surface area contributed by atoms with Gasteiger partial charge in [-0.1, -0.05) is 19.9 Å². The molecule has 2 fully saturated rings. The van der Waals surface area contributed by atoms with E-state index < -0.39 is 0 Å². The van der Waals surface area contributed by atoms with Gasteiger partial charge in [-0.25, -0.2) is 0 Å². The van der Waals surface area contributed by atoms with Crippen LogP contribution in [0.2, 0.25) is 0 Å². The molecule has 2 aliphatic rings. The van der Waals surface area contributed by atoms with Crippen LogP contribution in [0.15, 0.2) is 11.6 Å². The average Bonchev–Trinajstić information content (AvgIpc) is 2.30. The average molecular weight is 263 g/mol. The van der Waals surface area contributed by atoms with Gasteiger partial charge in [0.05, 0.1) is 0 Å². The van der Waals surface area contributed by atoms with Gasteiger partial charge < -0.3 is 0 Å².